The number of amides is 1. The van der Waals surface area contributed by atoms with E-state index in [0.29, 0.717) is 19.5 Å². The largest absolute Gasteiger partial charge is 0.324 e. The van der Waals surface area contributed by atoms with Crippen LogP contribution >= 0.6 is 0 Å². The standard InChI is InChI=1S/C22H23N3O/c1-4-11-24-20-8-6-5-7-19(20)23-22(24)17-13-21(26)25(14-17)18-10-9-15(2)16(3)12-18/h4-10,12,17H,1,11,13-14H2,2-3H3/t17-/m1/s1. The van der Waals surface area contributed by atoms with Gasteiger partial charge in [0.25, 0.3) is 0 Å². The molecule has 0 N–H and O–H groups in total. The summed E-state index contributed by atoms with van der Waals surface area (Å²) in [6.07, 6.45) is 2.38. The van der Waals surface area contributed by atoms with Gasteiger partial charge in [-0.25, -0.2) is 4.98 Å². The van der Waals surface area contributed by atoms with Gasteiger partial charge in [0.15, 0.2) is 0 Å². The molecule has 1 aromatic heterocycles. The minimum Gasteiger partial charge on any atom is -0.324 e. The van der Waals surface area contributed by atoms with E-state index in [9.17, 15) is 4.79 Å². The second-order valence-corrected chi connectivity index (χ2v) is 7.03. The molecule has 0 spiro atoms. The minimum absolute atomic E-state index is 0.0939. The van der Waals surface area contributed by atoms with Gasteiger partial charge in [-0.1, -0.05) is 24.3 Å². The van der Waals surface area contributed by atoms with Crippen LogP contribution in [0.15, 0.2) is 55.1 Å². The van der Waals surface area contributed by atoms with E-state index in [1.165, 1.54) is 11.1 Å². The number of hydrogen-bond acceptors (Lipinski definition) is 2. The van der Waals surface area contributed by atoms with Gasteiger partial charge in [-0.05, 0) is 49.2 Å². The molecule has 1 atom stereocenters. The van der Waals surface area contributed by atoms with Crippen molar-refractivity contribution in [2.75, 3.05) is 11.4 Å². The quantitative estimate of drug-likeness (QED) is 0.659. The van der Waals surface area contributed by atoms with Crippen molar-refractivity contribution in [3.8, 4) is 0 Å². The van der Waals surface area contributed by atoms with E-state index < -0.39 is 0 Å². The highest BCUT2D eigenvalue weighted by atomic mass is 16.2. The van der Waals surface area contributed by atoms with E-state index in [0.717, 1.165) is 22.5 Å². The molecular formula is C22H23N3O. The van der Waals surface area contributed by atoms with Crippen molar-refractivity contribution in [2.24, 2.45) is 0 Å². The molecule has 0 unspecified atom stereocenters. The topological polar surface area (TPSA) is 38.1 Å². The zero-order valence-electron chi connectivity index (χ0n) is 15.3. The van der Waals surface area contributed by atoms with Crippen LogP contribution in [0.2, 0.25) is 0 Å². The Morgan fingerprint density at radius 3 is 2.77 bits per heavy atom. The van der Waals surface area contributed by atoms with Crippen molar-refractivity contribution in [1.29, 1.82) is 0 Å². The molecule has 1 aliphatic heterocycles. The Morgan fingerprint density at radius 2 is 2.00 bits per heavy atom. The highest BCUT2D eigenvalue weighted by Gasteiger charge is 2.34. The van der Waals surface area contributed by atoms with Crippen molar-refractivity contribution in [3.05, 3.63) is 72.1 Å². The van der Waals surface area contributed by atoms with Gasteiger partial charge in [0.05, 0.1) is 11.0 Å². The molecule has 0 aliphatic carbocycles. The fourth-order valence-corrected chi connectivity index (χ4v) is 3.75. The molecular weight excluding hydrogens is 322 g/mol. The maximum absolute atomic E-state index is 12.7. The number of fused-ring (bicyclic) bond motifs is 1. The molecule has 0 bridgehead atoms. The predicted molar refractivity (Wildman–Crippen MR) is 106 cm³/mol. The third-order valence-electron chi connectivity index (χ3n) is 5.29. The number of carbonyl (C=O) groups is 1. The minimum atomic E-state index is 0.0939. The second kappa shape index (κ2) is 6.45. The van der Waals surface area contributed by atoms with Gasteiger partial charge in [-0.2, -0.15) is 0 Å². The Kier molecular flexibility index (Phi) is 4.11. The first kappa shape index (κ1) is 16.6. The maximum atomic E-state index is 12.7. The number of benzene rings is 2. The first-order valence-electron chi connectivity index (χ1n) is 9.02. The van der Waals surface area contributed by atoms with Crippen molar-refractivity contribution >= 4 is 22.6 Å². The van der Waals surface area contributed by atoms with Crippen LogP contribution in [0.4, 0.5) is 5.69 Å². The summed E-state index contributed by atoms with van der Waals surface area (Å²) in [7, 11) is 0. The van der Waals surface area contributed by atoms with Gasteiger partial charge < -0.3 is 9.47 Å². The number of allylic oxidation sites excluding steroid dienone is 1. The van der Waals surface area contributed by atoms with Gasteiger partial charge in [0, 0.05) is 31.1 Å². The van der Waals surface area contributed by atoms with Crippen molar-refractivity contribution in [2.45, 2.75) is 32.7 Å². The van der Waals surface area contributed by atoms with Crippen LogP contribution in [-0.2, 0) is 11.3 Å². The van der Waals surface area contributed by atoms with Crippen LogP contribution in [-0.4, -0.2) is 22.0 Å². The lowest BCUT2D eigenvalue weighted by Crippen LogP contribution is -2.24. The number of para-hydroxylation sites is 2. The molecule has 4 nitrogen and oxygen atoms in total. The molecule has 3 aromatic rings. The lowest BCUT2D eigenvalue weighted by Gasteiger charge is -2.18. The Hall–Kier alpha value is -2.88. The predicted octanol–water partition coefficient (Wildman–Crippen LogP) is 4.36. The molecule has 0 saturated carbocycles. The Labute approximate surface area is 153 Å². The summed E-state index contributed by atoms with van der Waals surface area (Å²) in [5.41, 5.74) is 5.50. The molecule has 0 radical (unpaired) electrons. The molecule has 2 aromatic carbocycles. The summed E-state index contributed by atoms with van der Waals surface area (Å²) in [6.45, 7) is 9.42. The van der Waals surface area contributed by atoms with E-state index in [4.69, 9.17) is 4.98 Å². The summed E-state index contributed by atoms with van der Waals surface area (Å²) >= 11 is 0. The first-order valence-corrected chi connectivity index (χ1v) is 9.02. The highest BCUT2D eigenvalue weighted by Crippen LogP contribution is 2.33. The average Bonchev–Trinajstić information content (AvgIpc) is 3.19. The Bertz CT molecular complexity index is 1000. The zero-order valence-corrected chi connectivity index (χ0v) is 15.3. The maximum Gasteiger partial charge on any atom is 0.227 e. The normalized spacial score (nSPS) is 17.2. The summed E-state index contributed by atoms with van der Waals surface area (Å²) in [6, 6.07) is 14.3. The third-order valence-corrected chi connectivity index (χ3v) is 5.29. The summed E-state index contributed by atoms with van der Waals surface area (Å²) in [5.74, 6) is 1.23. The molecule has 1 amide bonds. The van der Waals surface area contributed by atoms with Crippen LogP contribution < -0.4 is 4.90 Å². The lowest BCUT2D eigenvalue weighted by atomic mass is 10.1. The fraction of sp³-hybridized carbons (Fsp3) is 0.273. The number of nitrogens with zero attached hydrogens (tertiary/aromatic N) is 3. The highest BCUT2D eigenvalue weighted by molar-refractivity contribution is 5.96. The van der Waals surface area contributed by atoms with Gasteiger partial charge in [0.2, 0.25) is 5.91 Å². The summed E-state index contributed by atoms with van der Waals surface area (Å²) in [5, 5.41) is 0. The van der Waals surface area contributed by atoms with Crippen LogP contribution in [0.3, 0.4) is 0 Å². The molecule has 4 rings (SSSR count). The Balaban J connectivity index is 1.70. The van der Waals surface area contributed by atoms with Gasteiger partial charge in [-0.15, -0.1) is 6.58 Å². The van der Waals surface area contributed by atoms with E-state index >= 15 is 0 Å². The number of carbonyl (C=O) groups excluding carboxylic acids is 1. The summed E-state index contributed by atoms with van der Waals surface area (Å²) in [4.78, 5) is 19.4. The van der Waals surface area contributed by atoms with E-state index in [1.807, 2.05) is 35.2 Å². The number of anilines is 1. The SMILES string of the molecule is C=CCn1c([C@@H]2CC(=O)N(c3ccc(C)c(C)c3)C2)nc2ccccc21. The number of rotatable bonds is 4. The Morgan fingerprint density at radius 1 is 1.19 bits per heavy atom. The van der Waals surface area contributed by atoms with E-state index in [2.05, 4.69) is 43.2 Å². The van der Waals surface area contributed by atoms with Crippen LogP contribution in [0.25, 0.3) is 11.0 Å². The number of imidazole rings is 1. The average molecular weight is 345 g/mol. The van der Waals surface area contributed by atoms with Crippen molar-refractivity contribution < 1.29 is 4.79 Å². The molecule has 1 fully saturated rings. The third kappa shape index (κ3) is 2.71. The first-order chi connectivity index (χ1) is 12.6. The lowest BCUT2D eigenvalue weighted by molar-refractivity contribution is -0.117. The number of aryl methyl sites for hydroxylation is 2. The molecule has 1 aliphatic rings. The number of hydrogen-bond donors (Lipinski definition) is 0. The molecule has 4 heteroatoms. The smallest absolute Gasteiger partial charge is 0.227 e. The van der Waals surface area contributed by atoms with Gasteiger partial charge >= 0.3 is 0 Å². The van der Waals surface area contributed by atoms with Crippen LogP contribution in [0.5, 0.6) is 0 Å². The molecule has 26 heavy (non-hydrogen) atoms. The number of aromatic nitrogens is 2. The molecule has 2 heterocycles. The van der Waals surface area contributed by atoms with Crippen LogP contribution in [0.1, 0.15) is 29.3 Å². The van der Waals surface area contributed by atoms with E-state index in [1.54, 1.807) is 0 Å². The van der Waals surface area contributed by atoms with Crippen molar-refractivity contribution in [1.82, 2.24) is 9.55 Å². The van der Waals surface area contributed by atoms with Crippen LogP contribution in [0, 0.1) is 13.8 Å². The van der Waals surface area contributed by atoms with Gasteiger partial charge in [-0.3, -0.25) is 4.79 Å². The van der Waals surface area contributed by atoms with Gasteiger partial charge in [0.1, 0.15) is 5.82 Å². The second-order valence-electron chi connectivity index (χ2n) is 7.03. The van der Waals surface area contributed by atoms with E-state index in [-0.39, 0.29) is 11.8 Å². The fourth-order valence-electron chi connectivity index (χ4n) is 3.75. The molecule has 132 valence electrons. The zero-order chi connectivity index (χ0) is 18.3. The van der Waals surface area contributed by atoms with Crippen molar-refractivity contribution in [3.63, 3.8) is 0 Å². The summed E-state index contributed by atoms with van der Waals surface area (Å²) < 4.78 is 2.18. The monoisotopic (exact) mass is 345 g/mol. The molecule has 1 saturated heterocycles.